The summed E-state index contributed by atoms with van der Waals surface area (Å²) in [5.74, 6) is 5.76. The summed E-state index contributed by atoms with van der Waals surface area (Å²) in [5, 5.41) is 11.4. The lowest BCUT2D eigenvalue weighted by atomic mass is 9.76. The molecule has 4 nitrogen and oxygen atoms in total. The van der Waals surface area contributed by atoms with Gasteiger partial charge < -0.3 is 9.68 Å². The van der Waals surface area contributed by atoms with Crippen LogP contribution in [0.1, 0.15) is 18.1 Å². The first-order valence-electron chi connectivity index (χ1n) is 5.12. The number of hydrogen-bond donors (Lipinski definition) is 2. The van der Waals surface area contributed by atoms with Crippen molar-refractivity contribution in [2.45, 2.75) is 20.1 Å². The Morgan fingerprint density at radius 2 is 2.40 bits per heavy atom. The molecule has 1 aromatic carbocycles. The van der Waals surface area contributed by atoms with Crippen molar-refractivity contribution in [1.29, 1.82) is 0 Å². The molecule has 1 aliphatic heterocycles. The average molecular weight is 206 g/mol. The van der Waals surface area contributed by atoms with E-state index in [1.54, 1.807) is 5.01 Å². The van der Waals surface area contributed by atoms with Gasteiger partial charge in [-0.05, 0) is 16.6 Å². The lowest BCUT2D eigenvalue weighted by Crippen LogP contribution is -2.37. The molecule has 0 unspecified atom stereocenters. The van der Waals surface area contributed by atoms with Gasteiger partial charge in [-0.2, -0.15) is 0 Å². The van der Waals surface area contributed by atoms with Gasteiger partial charge in [0.2, 0.25) is 0 Å². The fraction of sp³-hybridized carbons (Fsp3) is 0.400. The summed E-state index contributed by atoms with van der Waals surface area (Å²) in [5.41, 5.74) is 2.99. The maximum Gasteiger partial charge on any atom is 0.492 e. The van der Waals surface area contributed by atoms with Crippen molar-refractivity contribution < 1.29 is 9.68 Å². The van der Waals surface area contributed by atoms with Crippen LogP contribution >= 0.6 is 0 Å². The topological polar surface area (TPSA) is 58.7 Å². The van der Waals surface area contributed by atoms with E-state index in [1.807, 2.05) is 25.1 Å². The van der Waals surface area contributed by atoms with Gasteiger partial charge in [0.15, 0.2) is 0 Å². The molecule has 1 heterocycles. The summed E-state index contributed by atoms with van der Waals surface area (Å²) in [6, 6.07) is 5.92. The Balaban J connectivity index is 2.28. The summed E-state index contributed by atoms with van der Waals surface area (Å²) in [6.07, 6.45) is 0. The molecule has 5 heteroatoms. The van der Waals surface area contributed by atoms with Crippen molar-refractivity contribution in [1.82, 2.24) is 5.01 Å². The van der Waals surface area contributed by atoms with E-state index in [1.165, 1.54) is 0 Å². The van der Waals surface area contributed by atoms with Crippen LogP contribution in [0, 0.1) is 0 Å². The van der Waals surface area contributed by atoms with Crippen LogP contribution in [-0.2, 0) is 17.8 Å². The molecular weight excluding hydrogens is 191 g/mol. The predicted molar refractivity (Wildman–Crippen MR) is 59.1 cm³/mol. The van der Waals surface area contributed by atoms with Crippen LogP contribution in [0.3, 0.4) is 0 Å². The number of nitrogens with zero attached hydrogens (tertiary/aromatic N) is 1. The monoisotopic (exact) mass is 206 g/mol. The second-order valence-electron chi connectivity index (χ2n) is 3.72. The average Bonchev–Trinajstić information content (AvgIpc) is 2.61. The van der Waals surface area contributed by atoms with Crippen LogP contribution in [0.2, 0.25) is 0 Å². The summed E-state index contributed by atoms with van der Waals surface area (Å²) in [4.78, 5) is 0. The summed E-state index contributed by atoms with van der Waals surface area (Å²) < 4.78 is 5.18. The molecule has 15 heavy (non-hydrogen) atoms. The van der Waals surface area contributed by atoms with Gasteiger partial charge in [0.1, 0.15) is 0 Å². The zero-order valence-corrected chi connectivity index (χ0v) is 8.81. The van der Waals surface area contributed by atoms with Crippen LogP contribution in [0.25, 0.3) is 0 Å². The maximum absolute atomic E-state index is 9.67. The van der Waals surface area contributed by atoms with E-state index in [-0.39, 0.29) is 0 Å². The number of nitrogens with two attached hydrogens (primary N) is 1. The molecule has 0 saturated carbocycles. The van der Waals surface area contributed by atoms with Gasteiger partial charge in [0, 0.05) is 13.1 Å². The molecule has 2 rings (SSSR count). The fourth-order valence-corrected chi connectivity index (χ4v) is 1.83. The Kier molecular flexibility index (Phi) is 3.07. The molecule has 0 amide bonds. The highest BCUT2D eigenvalue weighted by Gasteiger charge is 2.29. The number of fused-ring (bicyclic) bond motifs is 1. The Hall–Kier alpha value is -0.875. The number of benzene rings is 1. The maximum atomic E-state index is 9.67. The van der Waals surface area contributed by atoms with Crippen molar-refractivity contribution >= 4 is 12.6 Å². The van der Waals surface area contributed by atoms with Gasteiger partial charge in [-0.3, -0.25) is 5.84 Å². The molecule has 0 aromatic heterocycles. The summed E-state index contributed by atoms with van der Waals surface area (Å²) >= 11 is 0. The van der Waals surface area contributed by atoms with Gasteiger partial charge in [0.05, 0.1) is 6.61 Å². The largest absolute Gasteiger partial charge is 0.492 e. The van der Waals surface area contributed by atoms with Crippen LogP contribution in [-0.4, -0.2) is 23.7 Å². The zero-order valence-electron chi connectivity index (χ0n) is 8.81. The molecule has 0 bridgehead atoms. The number of hydrogen-bond acceptors (Lipinski definition) is 4. The van der Waals surface area contributed by atoms with Crippen LogP contribution in [0.15, 0.2) is 18.2 Å². The minimum Gasteiger partial charge on any atom is -0.423 e. The van der Waals surface area contributed by atoms with E-state index in [2.05, 4.69) is 0 Å². The van der Waals surface area contributed by atoms with E-state index in [0.29, 0.717) is 13.2 Å². The molecule has 0 radical (unpaired) electrons. The Morgan fingerprint density at radius 1 is 1.60 bits per heavy atom. The van der Waals surface area contributed by atoms with Gasteiger partial charge in [-0.25, -0.2) is 5.01 Å². The predicted octanol–water partition coefficient (Wildman–Crippen LogP) is -0.400. The highest BCUT2D eigenvalue weighted by Crippen LogP contribution is 2.13. The molecule has 0 fully saturated rings. The summed E-state index contributed by atoms with van der Waals surface area (Å²) in [6.45, 7) is 3.90. The van der Waals surface area contributed by atoms with Crippen molar-refractivity contribution in [2.75, 3.05) is 6.54 Å². The van der Waals surface area contributed by atoms with Gasteiger partial charge in [-0.15, -0.1) is 0 Å². The third-order valence-corrected chi connectivity index (χ3v) is 2.71. The SMILES string of the molecule is CCN(N)Cc1cccc2c1B(O)OC2. The molecule has 0 saturated heterocycles. The van der Waals surface area contributed by atoms with Crippen LogP contribution < -0.4 is 11.3 Å². The molecule has 0 spiro atoms. The van der Waals surface area contributed by atoms with Crippen molar-refractivity contribution in [3.05, 3.63) is 29.3 Å². The minimum atomic E-state index is -0.790. The third kappa shape index (κ3) is 2.05. The molecule has 0 atom stereocenters. The van der Waals surface area contributed by atoms with Crippen LogP contribution in [0.4, 0.5) is 0 Å². The number of hydrazine groups is 1. The Morgan fingerprint density at radius 3 is 3.13 bits per heavy atom. The van der Waals surface area contributed by atoms with E-state index >= 15 is 0 Å². The highest BCUT2D eigenvalue weighted by molar-refractivity contribution is 6.62. The van der Waals surface area contributed by atoms with Crippen LogP contribution in [0.5, 0.6) is 0 Å². The van der Waals surface area contributed by atoms with E-state index in [0.717, 1.165) is 23.1 Å². The molecule has 3 N–H and O–H groups in total. The standard InChI is InChI=1S/C10H15BN2O2/c1-2-13(12)6-8-4-3-5-9-7-15-11(14)10(8)9/h3-5,14H,2,6-7,12H2,1H3. The van der Waals surface area contributed by atoms with E-state index in [4.69, 9.17) is 10.5 Å². The fourth-order valence-electron chi connectivity index (χ4n) is 1.83. The molecule has 0 aliphatic carbocycles. The smallest absolute Gasteiger partial charge is 0.423 e. The van der Waals surface area contributed by atoms with Crippen molar-refractivity contribution in [3.63, 3.8) is 0 Å². The first kappa shape index (κ1) is 10.6. The lowest BCUT2D eigenvalue weighted by molar-refractivity contribution is 0.275. The first-order chi connectivity index (χ1) is 7.22. The Bertz CT molecular complexity index is 359. The minimum absolute atomic E-state index is 0.487. The van der Waals surface area contributed by atoms with Gasteiger partial charge in [0.25, 0.3) is 0 Å². The highest BCUT2D eigenvalue weighted by atomic mass is 16.5. The number of rotatable bonds is 3. The summed E-state index contributed by atoms with van der Waals surface area (Å²) in [7, 11) is -0.790. The van der Waals surface area contributed by atoms with E-state index < -0.39 is 7.12 Å². The van der Waals surface area contributed by atoms with Gasteiger partial charge >= 0.3 is 7.12 Å². The molecular formula is C10H15BN2O2. The zero-order chi connectivity index (χ0) is 10.8. The quantitative estimate of drug-likeness (QED) is 0.401. The van der Waals surface area contributed by atoms with E-state index in [9.17, 15) is 5.02 Å². The Labute approximate surface area is 89.8 Å². The van der Waals surface area contributed by atoms with Crippen molar-refractivity contribution in [2.24, 2.45) is 5.84 Å². The van der Waals surface area contributed by atoms with Gasteiger partial charge in [-0.1, -0.05) is 25.1 Å². The lowest BCUT2D eigenvalue weighted by Gasteiger charge is -2.16. The second kappa shape index (κ2) is 4.32. The molecule has 1 aromatic rings. The molecule has 1 aliphatic rings. The van der Waals surface area contributed by atoms with Crippen molar-refractivity contribution in [3.8, 4) is 0 Å². The molecule has 80 valence electrons. The normalized spacial score (nSPS) is 14.8. The third-order valence-electron chi connectivity index (χ3n) is 2.71. The first-order valence-corrected chi connectivity index (χ1v) is 5.12. The second-order valence-corrected chi connectivity index (χ2v) is 3.72.